The van der Waals surface area contributed by atoms with Gasteiger partial charge in [0.1, 0.15) is 5.82 Å². The lowest BCUT2D eigenvalue weighted by Gasteiger charge is -2.26. The molecular weight excluding hydrogens is 383 g/mol. The van der Waals surface area contributed by atoms with Gasteiger partial charge in [-0.15, -0.1) is 11.3 Å². The van der Waals surface area contributed by atoms with E-state index < -0.39 is 6.03 Å². The van der Waals surface area contributed by atoms with Crippen LogP contribution in [0.5, 0.6) is 0 Å². The largest absolute Gasteiger partial charge is 0.381 e. The number of amides is 3. The fourth-order valence-corrected chi connectivity index (χ4v) is 3.68. The number of ether oxygens (including phenoxy) is 1. The summed E-state index contributed by atoms with van der Waals surface area (Å²) in [6, 6.07) is 5.63. The number of anilines is 1. The van der Waals surface area contributed by atoms with E-state index in [0.717, 1.165) is 12.8 Å². The highest BCUT2D eigenvalue weighted by Gasteiger charge is 2.24. The molecule has 1 fully saturated rings. The number of thiazole rings is 1. The second kappa shape index (κ2) is 9.61. The smallest absolute Gasteiger partial charge is 0.321 e. The van der Waals surface area contributed by atoms with E-state index in [9.17, 15) is 14.0 Å². The van der Waals surface area contributed by atoms with Gasteiger partial charge in [-0.3, -0.25) is 10.1 Å². The molecule has 7 nitrogen and oxygen atoms in total. The van der Waals surface area contributed by atoms with Crippen LogP contribution in [0.2, 0.25) is 0 Å². The van der Waals surface area contributed by atoms with E-state index in [2.05, 4.69) is 15.6 Å². The number of urea groups is 1. The summed E-state index contributed by atoms with van der Waals surface area (Å²) in [6.45, 7) is 1.85. The van der Waals surface area contributed by atoms with Crippen LogP contribution < -0.4 is 10.6 Å². The van der Waals surface area contributed by atoms with Crippen LogP contribution in [0, 0.1) is 11.7 Å². The number of aromatic nitrogens is 1. The number of carbonyl (C=O) groups is 2. The third kappa shape index (κ3) is 5.74. The predicted molar refractivity (Wildman–Crippen MR) is 104 cm³/mol. The maximum absolute atomic E-state index is 13.2. The lowest BCUT2D eigenvalue weighted by molar-refractivity contribution is -0.137. The molecular formula is C19H23FN4O3S. The van der Waals surface area contributed by atoms with Crippen LogP contribution >= 0.6 is 11.3 Å². The highest BCUT2D eigenvalue weighted by molar-refractivity contribution is 7.13. The molecule has 0 bridgehead atoms. The van der Waals surface area contributed by atoms with Crippen molar-refractivity contribution in [3.8, 4) is 0 Å². The molecule has 0 atom stereocenters. The van der Waals surface area contributed by atoms with E-state index in [0.29, 0.717) is 36.1 Å². The van der Waals surface area contributed by atoms with Crippen molar-refractivity contribution in [3.63, 3.8) is 0 Å². The molecule has 1 aromatic carbocycles. The van der Waals surface area contributed by atoms with E-state index in [1.54, 1.807) is 24.1 Å². The van der Waals surface area contributed by atoms with Gasteiger partial charge in [0.05, 0.1) is 12.2 Å². The predicted octanol–water partition coefficient (Wildman–Crippen LogP) is 2.99. The number of benzene rings is 1. The lowest BCUT2D eigenvalue weighted by atomic mass is 9.99. The van der Waals surface area contributed by atoms with Gasteiger partial charge in [-0.2, -0.15) is 0 Å². The number of hydrogen-bond donors (Lipinski definition) is 2. The first kappa shape index (κ1) is 20.2. The van der Waals surface area contributed by atoms with Crippen molar-refractivity contribution in [1.29, 1.82) is 0 Å². The Morgan fingerprint density at radius 3 is 2.89 bits per heavy atom. The van der Waals surface area contributed by atoms with Gasteiger partial charge in [0.2, 0.25) is 5.91 Å². The Morgan fingerprint density at radius 2 is 2.14 bits per heavy atom. The third-order valence-electron chi connectivity index (χ3n) is 4.46. The van der Waals surface area contributed by atoms with Crippen molar-refractivity contribution in [2.45, 2.75) is 25.9 Å². The number of carbonyl (C=O) groups excluding carboxylic acids is 2. The molecule has 2 N–H and O–H groups in total. The van der Waals surface area contributed by atoms with Crippen LogP contribution in [0.1, 0.15) is 24.1 Å². The van der Waals surface area contributed by atoms with Crippen LogP contribution in [0.4, 0.5) is 14.3 Å². The SMILES string of the molecule is CN(Cc1csc(NC(=O)NCc2cccc(F)c2)n1)C(=O)C1CCOCC1. The number of hydrogen-bond acceptors (Lipinski definition) is 5. The number of halogens is 1. The topological polar surface area (TPSA) is 83.6 Å². The standard InChI is InChI=1S/C19H23FN4O3S/c1-24(17(25)14-5-7-27-8-6-14)11-16-12-28-19(22-16)23-18(26)21-10-13-3-2-4-15(20)9-13/h2-4,9,12,14H,5-8,10-11H2,1H3,(H2,21,22,23,26). The maximum Gasteiger partial charge on any atom is 0.321 e. The van der Waals surface area contributed by atoms with E-state index in [-0.39, 0.29) is 24.2 Å². The quantitative estimate of drug-likeness (QED) is 0.773. The minimum absolute atomic E-state index is 0.00332. The third-order valence-corrected chi connectivity index (χ3v) is 5.27. The van der Waals surface area contributed by atoms with Gasteiger partial charge in [0.25, 0.3) is 0 Å². The van der Waals surface area contributed by atoms with E-state index in [1.165, 1.54) is 23.5 Å². The van der Waals surface area contributed by atoms with E-state index >= 15 is 0 Å². The van der Waals surface area contributed by atoms with Crippen LogP contribution in [0.15, 0.2) is 29.6 Å². The Morgan fingerprint density at radius 1 is 1.36 bits per heavy atom. The summed E-state index contributed by atoms with van der Waals surface area (Å²) < 4.78 is 18.4. The molecule has 1 aliphatic heterocycles. The minimum atomic E-state index is -0.420. The van der Waals surface area contributed by atoms with Crippen LogP contribution in [-0.2, 0) is 22.6 Å². The molecule has 3 amide bonds. The van der Waals surface area contributed by atoms with Gasteiger partial charge in [0.15, 0.2) is 5.13 Å². The van der Waals surface area contributed by atoms with Crippen molar-refractivity contribution in [2.75, 3.05) is 25.6 Å². The normalized spacial score (nSPS) is 14.5. The summed E-state index contributed by atoms with van der Waals surface area (Å²) in [4.78, 5) is 30.5. The number of nitrogens with zero attached hydrogens (tertiary/aromatic N) is 2. The zero-order valence-corrected chi connectivity index (χ0v) is 16.4. The molecule has 3 rings (SSSR count). The van der Waals surface area contributed by atoms with Gasteiger partial charge < -0.3 is 15.0 Å². The second-order valence-corrected chi connectivity index (χ2v) is 7.52. The molecule has 1 aliphatic rings. The molecule has 2 heterocycles. The maximum atomic E-state index is 13.2. The summed E-state index contributed by atoms with van der Waals surface area (Å²) in [5, 5.41) is 7.57. The number of nitrogens with one attached hydrogen (secondary N) is 2. The Labute approximate surface area is 166 Å². The fraction of sp³-hybridized carbons (Fsp3) is 0.421. The highest BCUT2D eigenvalue weighted by Crippen LogP contribution is 2.20. The summed E-state index contributed by atoms with van der Waals surface area (Å²) in [5.41, 5.74) is 1.39. The van der Waals surface area contributed by atoms with Gasteiger partial charge in [-0.1, -0.05) is 12.1 Å². The molecule has 0 aliphatic carbocycles. The highest BCUT2D eigenvalue weighted by atomic mass is 32.1. The lowest BCUT2D eigenvalue weighted by Crippen LogP contribution is -2.35. The van der Waals surface area contributed by atoms with Gasteiger partial charge in [0, 0.05) is 38.1 Å². The molecule has 150 valence electrons. The molecule has 0 unspecified atom stereocenters. The van der Waals surface area contributed by atoms with Crippen molar-refractivity contribution < 1.29 is 18.7 Å². The summed E-state index contributed by atoms with van der Waals surface area (Å²) in [5.74, 6) is -0.245. The van der Waals surface area contributed by atoms with E-state index in [1.807, 2.05) is 5.38 Å². The zero-order chi connectivity index (χ0) is 19.9. The molecule has 1 aromatic heterocycles. The summed E-state index contributed by atoms with van der Waals surface area (Å²) >= 11 is 1.29. The second-order valence-electron chi connectivity index (χ2n) is 6.66. The molecule has 28 heavy (non-hydrogen) atoms. The summed E-state index contributed by atoms with van der Waals surface area (Å²) in [7, 11) is 1.76. The molecule has 0 spiro atoms. The van der Waals surface area contributed by atoms with Crippen molar-refractivity contribution in [1.82, 2.24) is 15.2 Å². The Kier molecular flexibility index (Phi) is 6.94. The minimum Gasteiger partial charge on any atom is -0.381 e. The van der Waals surface area contributed by atoms with Crippen molar-refractivity contribution >= 4 is 28.4 Å². The van der Waals surface area contributed by atoms with Crippen LogP contribution in [0.25, 0.3) is 0 Å². The fourth-order valence-electron chi connectivity index (χ4n) is 2.98. The van der Waals surface area contributed by atoms with E-state index in [4.69, 9.17) is 4.74 Å². The molecule has 9 heteroatoms. The Bertz CT molecular complexity index is 823. The molecule has 2 aromatic rings. The monoisotopic (exact) mass is 406 g/mol. The average Bonchev–Trinajstić information content (AvgIpc) is 3.13. The first-order valence-electron chi connectivity index (χ1n) is 9.07. The van der Waals surface area contributed by atoms with Gasteiger partial charge in [-0.25, -0.2) is 14.2 Å². The number of rotatable bonds is 6. The zero-order valence-electron chi connectivity index (χ0n) is 15.6. The first-order valence-corrected chi connectivity index (χ1v) is 9.95. The average molecular weight is 406 g/mol. The van der Waals surface area contributed by atoms with Crippen molar-refractivity contribution in [3.05, 3.63) is 46.7 Å². The first-order chi connectivity index (χ1) is 13.5. The van der Waals surface area contributed by atoms with Crippen LogP contribution in [0.3, 0.4) is 0 Å². The van der Waals surface area contributed by atoms with Gasteiger partial charge in [-0.05, 0) is 30.5 Å². The summed E-state index contributed by atoms with van der Waals surface area (Å²) in [6.07, 6.45) is 1.50. The molecule has 1 saturated heterocycles. The van der Waals surface area contributed by atoms with Crippen LogP contribution in [-0.4, -0.2) is 42.1 Å². The molecule has 0 saturated carbocycles. The van der Waals surface area contributed by atoms with Gasteiger partial charge >= 0.3 is 6.03 Å². The molecule has 0 radical (unpaired) electrons. The Balaban J connectivity index is 1.46. The Hall–Kier alpha value is -2.52. The van der Waals surface area contributed by atoms with Crippen molar-refractivity contribution in [2.24, 2.45) is 5.92 Å².